The number of rotatable bonds is 17. The van der Waals surface area contributed by atoms with Gasteiger partial charge in [-0.3, -0.25) is 29.9 Å². The number of carbonyl (C=O) groups is 4. The number of nitrogens with one attached hydrogen (secondary N) is 6. The number of nitrogens with two attached hydrogens (primary N) is 1. The van der Waals surface area contributed by atoms with Crippen molar-refractivity contribution in [3.8, 4) is 5.75 Å². The fourth-order valence-electron chi connectivity index (χ4n) is 4.06. The van der Waals surface area contributed by atoms with Crippen LogP contribution in [-0.2, 0) is 25.7 Å². The van der Waals surface area contributed by atoms with Crippen molar-refractivity contribution in [3.63, 3.8) is 0 Å². The zero-order chi connectivity index (χ0) is 33.4. The second kappa shape index (κ2) is 18.3. The van der Waals surface area contributed by atoms with Gasteiger partial charge in [0.05, 0.1) is 30.3 Å². The lowest BCUT2D eigenvalue weighted by Crippen LogP contribution is -2.51. The molecule has 0 spiro atoms. The van der Waals surface area contributed by atoms with Crippen LogP contribution >= 0.6 is 0 Å². The molecule has 0 radical (unpaired) electrons. The van der Waals surface area contributed by atoms with Crippen molar-refractivity contribution in [1.82, 2.24) is 21.3 Å². The Morgan fingerprint density at radius 3 is 2.33 bits per heavy atom. The van der Waals surface area contributed by atoms with E-state index in [0.717, 1.165) is 11.6 Å². The number of non-ortho nitro benzene ring substituents is 1. The number of methoxy groups -OCH3 is 1. The minimum absolute atomic E-state index is 0.0161. The van der Waals surface area contributed by atoms with E-state index in [1.54, 1.807) is 24.3 Å². The quantitative estimate of drug-likeness (QED) is 0.0440. The van der Waals surface area contributed by atoms with Gasteiger partial charge in [0.2, 0.25) is 17.7 Å². The van der Waals surface area contributed by atoms with Crippen LogP contribution in [0.15, 0.2) is 48.5 Å². The molecule has 2 aromatic rings. The van der Waals surface area contributed by atoms with E-state index in [4.69, 9.17) is 20.6 Å². The standard InChI is InChI=1S/C29H40N8O8/c1-18(2)14-23(36-29(41)45-17-19-8-5-4-6-9-19)26(39)33-16-25(38)34-22(10-7-13-32-28(30)31)27(40)35-21-12-11-20(37(42)43)15-24(21)44-3/h4-6,8-9,11-12,15,18,22-23H,7,10,13-14,16-17H2,1-3H3,(H,33,39)(H,34,38)(H,35,40)(H,36,41)(H4,30,31,32)/t22-,23+/m0/s1. The molecule has 0 unspecified atom stereocenters. The summed E-state index contributed by atoms with van der Waals surface area (Å²) in [7, 11) is 1.29. The van der Waals surface area contributed by atoms with Crippen molar-refractivity contribution in [3.05, 3.63) is 64.2 Å². The molecule has 0 aliphatic heterocycles. The number of nitrogens with zero attached hydrogens (tertiary/aromatic N) is 1. The number of nitro benzene ring substituents is 1. The summed E-state index contributed by atoms with van der Waals surface area (Å²) in [5.41, 5.74) is 5.98. The molecule has 4 amide bonds. The Labute approximate surface area is 260 Å². The number of nitro groups is 1. The first kappa shape index (κ1) is 35.8. The summed E-state index contributed by atoms with van der Waals surface area (Å²) in [4.78, 5) is 61.8. The molecule has 8 N–H and O–H groups in total. The van der Waals surface area contributed by atoms with Crippen LogP contribution < -0.4 is 37.1 Å². The Hall–Kier alpha value is -5.41. The Morgan fingerprint density at radius 1 is 1.00 bits per heavy atom. The van der Waals surface area contributed by atoms with E-state index in [2.05, 4.69) is 26.6 Å². The number of hydrogen-bond acceptors (Lipinski definition) is 9. The van der Waals surface area contributed by atoms with Crippen molar-refractivity contribution in [2.75, 3.05) is 25.5 Å². The minimum atomic E-state index is -1.10. The summed E-state index contributed by atoms with van der Waals surface area (Å²) < 4.78 is 10.4. The lowest BCUT2D eigenvalue weighted by Gasteiger charge is -2.21. The molecule has 16 heteroatoms. The lowest BCUT2D eigenvalue weighted by atomic mass is 10.0. The van der Waals surface area contributed by atoms with E-state index in [1.165, 1.54) is 19.2 Å². The summed E-state index contributed by atoms with van der Waals surface area (Å²) in [5.74, 6) is -2.14. The van der Waals surface area contributed by atoms with Gasteiger partial charge in [-0.05, 0) is 36.8 Å². The van der Waals surface area contributed by atoms with Crippen molar-refractivity contribution >= 4 is 41.1 Å². The van der Waals surface area contributed by atoms with Crippen molar-refractivity contribution in [2.45, 2.75) is 51.8 Å². The Kier molecular flexibility index (Phi) is 14.6. The second-order valence-electron chi connectivity index (χ2n) is 10.3. The van der Waals surface area contributed by atoms with Crippen LogP contribution in [0.4, 0.5) is 16.2 Å². The van der Waals surface area contributed by atoms with Gasteiger partial charge < -0.3 is 41.8 Å². The first-order valence-electron chi connectivity index (χ1n) is 14.1. The topological polar surface area (TPSA) is 240 Å². The predicted molar refractivity (Wildman–Crippen MR) is 165 cm³/mol. The van der Waals surface area contributed by atoms with Crippen LogP contribution in [0.3, 0.4) is 0 Å². The van der Waals surface area contributed by atoms with E-state index in [9.17, 15) is 29.3 Å². The molecule has 0 aliphatic rings. The molecule has 0 saturated heterocycles. The molecule has 0 bridgehead atoms. The first-order chi connectivity index (χ1) is 21.4. The zero-order valence-corrected chi connectivity index (χ0v) is 25.4. The van der Waals surface area contributed by atoms with Crippen LogP contribution in [0.1, 0.15) is 38.7 Å². The number of guanidine groups is 1. The Balaban J connectivity index is 2.03. The molecule has 0 saturated carbocycles. The summed E-state index contributed by atoms with van der Waals surface area (Å²) in [6.07, 6.45) is -0.0697. The zero-order valence-electron chi connectivity index (χ0n) is 25.4. The van der Waals surface area contributed by atoms with E-state index < -0.39 is 47.4 Å². The highest BCUT2D eigenvalue weighted by molar-refractivity contribution is 5.99. The van der Waals surface area contributed by atoms with Gasteiger partial charge in [-0.1, -0.05) is 44.2 Å². The van der Waals surface area contributed by atoms with Crippen LogP contribution in [0.25, 0.3) is 0 Å². The lowest BCUT2D eigenvalue weighted by molar-refractivity contribution is -0.384. The number of benzene rings is 2. The maximum absolute atomic E-state index is 13.2. The number of amides is 4. The number of anilines is 1. The third-order valence-corrected chi connectivity index (χ3v) is 6.24. The molecular formula is C29H40N8O8. The molecule has 0 heterocycles. The molecule has 2 rings (SSSR count). The highest BCUT2D eigenvalue weighted by atomic mass is 16.6. The molecule has 0 aromatic heterocycles. The van der Waals surface area contributed by atoms with E-state index in [0.29, 0.717) is 6.42 Å². The molecular weight excluding hydrogens is 588 g/mol. The third-order valence-electron chi connectivity index (χ3n) is 6.24. The van der Waals surface area contributed by atoms with E-state index in [-0.39, 0.29) is 55.0 Å². The maximum atomic E-state index is 13.2. The third kappa shape index (κ3) is 13.2. The largest absolute Gasteiger partial charge is 0.494 e. The summed E-state index contributed by atoms with van der Waals surface area (Å²) >= 11 is 0. The minimum Gasteiger partial charge on any atom is -0.494 e. The Bertz CT molecular complexity index is 1340. The van der Waals surface area contributed by atoms with Gasteiger partial charge in [-0.2, -0.15) is 0 Å². The van der Waals surface area contributed by atoms with Crippen LogP contribution in [0.2, 0.25) is 0 Å². The van der Waals surface area contributed by atoms with Gasteiger partial charge in [0, 0.05) is 12.6 Å². The van der Waals surface area contributed by atoms with Crippen molar-refractivity contribution in [2.24, 2.45) is 11.7 Å². The smallest absolute Gasteiger partial charge is 0.408 e. The summed E-state index contributed by atoms with van der Waals surface area (Å²) in [5, 5.41) is 31.2. The van der Waals surface area contributed by atoms with Crippen LogP contribution in [-0.4, -0.2) is 67.0 Å². The SMILES string of the molecule is COc1cc([N+](=O)[O-])ccc1NC(=O)[C@H](CCCNC(=N)N)NC(=O)CNC(=O)[C@@H](CC(C)C)NC(=O)OCc1ccccc1. The highest BCUT2D eigenvalue weighted by Crippen LogP contribution is 2.29. The number of alkyl carbamates (subject to hydrolysis) is 1. The van der Waals surface area contributed by atoms with Gasteiger partial charge in [0.25, 0.3) is 5.69 Å². The predicted octanol–water partition coefficient (Wildman–Crippen LogP) is 1.75. The molecule has 244 valence electrons. The van der Waals surface area contributed by atoms with E-state index in [1.807, 2.05) is 19.9 Å². The van der Waals surface area contributed by atoms with Crippen LogP contribution in [0.5, 0.6) is 5.75 Å². The second-order valence-corrected chi connectivity index (χ2v) is 10.3. The molecule has 2 atom stereocenters. The van der Waals surface area contributed by atoms with Gasteiger partial charge in [0.15, 0.2) is 5.96 Å². The fourth-order valence-corrected chi connectivity index (χ4v) is 4.06. The summed E-state index contributed by atoms with van der Waals surface area (Å²) in [6.45, 7) is 3.50. The summed E-state index contributed by atoms with van der Waals surface area (Å²) in [6, 6.07) is 10.6. The highest BCUT2D eigenvalue weighted by Gasteiger charge is 2.26. The molecule has 0 fully saturated rings. The van der Waals surface area contributed by atoms with E-state index >= 15 is 0 Å². The van der Waals surface area contributed by atoms with Gasteiger partial charge >= 0.3 is 6.09 Å². The normalized spacial score (nSPS) is 11.8. The first-order valence-corrected chi connectivity index (χ1v) is 14.1. The van der Waals surface area contributed by atoms with Gasteiger partial charge in [-0.15, -0.1) is 0 Å². The van der Waals surface area contributed by atoms with Gasteiger partial charge in [0.1, 0.15) is 24.4 Å². The average Bonchev–Trinajstić information content (AvgIpc) is 3.00. The van der Waals surface area contributed by atoms with Crippen molar-refractivity contribution in [1.29, 1.82) is 5.41 Å². The molecule has 45 heavy (non-hydrogen) atoms. The Morgan fingerprint density at radius 2 is 1.71 bits per heavy atom. The average molecular weight is 629 g/mol. The number of hydrogen-bond donors (Lipinski definition) is 7. The molecule has 2 aromatic carbocycles. The number of carbonyl (C=O) groups excluding carboxylic acids is 4. The van der Waals surface area contributed by atoms with Crippen molar-refractivity contribution < 1.29 is 33.6 Å². The monoisotopic (exact) mass is 628 g/mol. The maximum Gasteiger partial charge on any atom is 0.408 e. The number of ether oxygens (including phenoxy) is 2. The van der Waals surface area contributed by atoms with Gasteiger partial charge in [-0.25, -0.2) is 4.79 Å². The fraction of sp³-hybridized carbons (Fsp3) is 0.414. The molecule has 0 aliphatic carbocycles. The van der Waals surface area contributed by atoms with Crippen LogP contribution in [0, 0.1) is 21.4 Å². The molecule has 16 nitrogen and oxygen atoms in total.